The highest BCUT2D eigenvalue weighted by molar-refractivity contribution is 9.09. The molecule has 1 atom stereocenters. The molecule has 2 N–H and O–H groups in total. The zero-order chi connectivity index (χ0) is 15.6. The average Bonchev–Trinajstić information content (AvgIpc) is 2.43. The van der Waals surface area contributed by atoms with Gasteiger partial charge in [0.05, 0.1) is 11.1 Å². The third kappa shape index (κ3) is 3.54. The molecule has 0 unspecified atom stereocenters. The lowest BCUT2D eigenvalue weighted by atomic mass is 9.98. The standard InChI is InChI=1S/C15H12BrClF2O2/c16-7-10(20)5-8-4-9(18)6-11(15(8)21)14-12(17)2-1-3-13(14)19/h1-4,6,10,20-21H,5,7H2/t10-/m0/s1. The Kier molecular flexibility index (Phi) is 5.19. The molecule has 21 heavy (non-hydrogen) atoms. The Balaban J connectivity index is 2.59. The Labute approximate surface area is 134 Å². The molecule has 0 aliphatic rings. The van der Waals surface area contributed by atoms with Crippen molar-refractivity contribution in [1.82, 2.24) is 0 Å². The molecule has 0 bridgehead atoms. The van der Waals surface area contributed by atoms with Crippen LogP contribution in [0, 0.1) is 11.6 Å². The maximum Gasteiger partial charge on any atom is 0.132 e. The van der Waals surface area contributed by atoms with Gasteiger partial charge >= 0.3 is 0 Å². The van der Waals surface area contributed by atoms with E-state index in [1.165, 1.54) is 18.2 Å². The average molecular weight is 378 g/mol. The summed E-state index contributed by atoms with van der Waals surface area (Å²) in [5.74, 6) is -1.59. The van der Waals surface area contributed by atoms with E-state index in [2.05, 4.69) is 15.9 Å². The third-order valence-corrected chi connectivity index (χ3v) is 4.08. The van der Waals surface area contributed by atoms with Crippen LogP contribution in [0.2, 0.25) is 5.02 Å². The molecular weight excluding hydrogens is 366 g/mol. The molecule has 0 aromatic heterocycles. The molecule has 2 aromatic rings. The van der Waals surface area contributed by atoms with E-state index in [9.17, 15) is 19.0 Å². The molecule has 0 saturated carbocycles. The second-order valence-electron chi connectivity index (χ2n) is 4.57. The molecular formula is C15H12BrClF2O2. The van der Waals surface area contributed by atoms with Gasteiger partial charge in [-0.15, -0.1) is 0 Å². The highest BCUT2D eigenvalue weighted by atomic mass is 79.9. The van der Waals surface area contributed by atoms with Crippen molar-refractivity contribution >= 4 is 27.5 Å². The minimum absolute atomic E-state index is 0.0325. The first-order valence-electron chi connectivity index (χ1n) is 6.13. The molecule has 2 aromatic carbocycles. The summed E-state index contributed by atoms with van der Waals surface area (Å²) in [5.41, 5.74) is 0.0943. The monoisotopic (exact) mass is 376 g/mol. The lowest BCUT2D eigenvalue weighted by Crippen LogP contribution is -2.12. The summed E-state index contributed by atoms with van der Waals surface area (Å²) in [5, 5.41) is 20.2. The summed E-state index contributed by atoms with van der Waals surface area (Å²) in [7, 11) is 0. The van der Waals surface area contributed by atoms with E-state index in [0.717, 1.165) is 12.1 Å². The summed E-state index contributed by atoms with van der Waals surface area (Å²) in [6, 6.07) is 6.19. The van der Waals surface area contributed by atoms with Gasteiger partial charge in [-0.1, -0.05) is 33.6 Å². The number of phenolic OH excluding ortho intramolecular Hbond substituents is 1. The van der Waals surface area contributed by atoms with E-state index in [1.807, 2.05) is 0 Å². The summed E-state index contributed by atoms with van der Waals surface area (Å²) in [6.45, 7) is 0. The summed E-state index contributed by atoms with van der Waals surface area (Å²) in [4.78, 5) is 0. The van der Waals surface area contributed by atoms with Crippen LogP contribution in [0.4, 0.5) is 8.78 Å². The number of aromatic hydroxyl groups is 1. The Morgan fingerprint density at radius 2 is 1.95 bits per heavy atom. The minimum Gasteiger partial charge on any atom is -0.507 e. The first-order chi connectivity index (χ1) is 9.93. The fourth-order valence-corrected chi connectivity index (χ4v) is 2.56. The van der Waals surface area contributed by atoms with Crippen LogP contribution in [-0.2, 0) is 6.42 Å². The van der Waals surface area contributed by atoms with E-state index in [0.29, 0.717) is 0 Å². The Morgan fingerprint density at radius 3 is 2.57 bits per heavy atom. The van der Waals surface area contributed by atoms with Crippen molar-refractivity contribution in [3.63, 3.8) is 0 Å². The molecule has 0 spiro atoms. The zero-order valence-electron chi connectivity index (χ0n) is 10.8. The van der Waals surface area contributed by atoms with Crippen LogP contribution >= 0.6 is 27.5 Å². The number of phenols is 1. The second kappa shape index (κ2) is 6.73. The maximum absolute atomic E-state index is 13.9. The molecule has 0 radical (unpaired) electrons. The number of hydrogen-bond donors (Lipinski definition) is 2. The van der Waals surface area contributed by atoms with Crippen LogP contribution in [0.5, 0.6) is 5.75 Å². The largest absolute Gasteiger partial charge is 0.507 e. The van der Waals surface area contributed by atoms with Crippen molar-refractivity contribution in [2.75, 3.05) is 5.33 Å². The Morgan fingerprint density at radius 1 is 1.24 bits per heavy atom. The summed E-state index contributed by atoms with van der Waals surface area (Å²) >= 11 is 9.04. The number of alkyl halides is 1. The van der Waals surface area contributed by atoms with Crippen molar-refractivity contribution in [3.8, 4) is 16.9 Å². The SMILES string of the molecule is Oc1c(C[C@H](O)CBr)cc(F)cc1-c1c(F)cccc1Cl. The Bertz CT molecular complexity index is 644. The van der Waals surface area contributed by atoms with Crippen molar-refractivity contribution in [2.24, 2.45) is 0 Å². The predicted molar refractivity (Wildman–Crippen MR) is 82.0 cm³/mol. The van der Waals surface area contributed by atoms with Crippen molar-refractivity contribution in [1.29, 1.82) is 0 Å². The number of rotatable bonds is 4. The quantitative estimate of drug-likeness (QED) is 0.781. The van der Waals surface area contributed by atoms with E-state index < -0.39 is 17.7 Å². The van der Waals surface area contributed by atoms with Gasteiger partial charge in [0, 0.05) is 22.9 Å². The maximum atomic E-state index is 13.9. The molecule has 0 fully saturated rings. The summed E-state index contributed by atoms with van der Waals surface area (Å²) in [6.07, 6.45) is -0.755. The van der Waals surface area contributed by atoms with Gasteiger partial charge < -0.3 is 10.2 Å². The Hall–Kier alpha value is -1.17. The topological polar surface area (TPSA) is 40.5 Å². The minimum atomic E-state index is -0.790. The zero-order valence-corrected chi connectivity index (χ0v) is 13.1. The van der Waals surface area contributed by atoms with E-state index in [-0.39, 0.29) is 39.2 Å². The van der Waals surface area contributed by atoms with Gasteiger partial charge in [-0.2, -0.15) is 0 Å². The van der Waals surface area contributed by atoms with Crippen LogP contribution in [-0.4, -0.2) is 21.6 Å². The van der Waals surface area contributed by atoms with Gasteiger partial charge in [-0.25, -0.2) is 8.78 Å². The molecule has 0 aliphatic heterocycles. The third-order valence-electron chi connectivity index (χ3n) is 3.02. The number of halogens is 4. The van der Waals surface area contributed by atoms with Crippen molar-refractivity contribution < 1.29 is 19.0 Å². The molecule has 0 amide bonds. The number of aliphatic hydroxyl groups excluding tert-OH is 1. The van der Waals surface area contributed by atoms with Gasteiger partial charge in [0.2, 0.25) is 0 Å². The van der Waals surface area contributed by atoms with Gasteiger partial charge in [0.15, 0.2) is 0 Å². The second-order valence-corrected chi connectivity index (χ2v) is 5.62. The first kappa shape index (κ1) is 16.2. The molecule has 112 valence electrons. The molecule has 2 nitrogen and oxygen atoms in total. The van der Waals surface area contributed by atoms with Crippen LogP contribution in [0.1, 0.15) is 5.56 Å². The number of hydrogen-bond acceptors (Lipinski definition) is 2. The normalized spacial score (nSPS) is 12.4. The lowest BCUT2D eigenvalue weighted by Gasteiger charge is -2.14. The van der Waals surface area contributed by atoms with Crippen LogP contribution < -0.4 is 0 Å². The first-order valence-corrected chi connectivity index (χ1v) is 7.63. The molecule has 6 heteroatoms. The van der Waals surface area contributed by atoms with Gasteiger partial charge in [0.1, 0.15) is 17.4 Å². The smallest absolute Gasteiger partial charge is 0.132 e. The van der Waals surface area contributed by atoms with E-state index in [4.69, 9.17) is 11.6 Å². The predicted octanol–water partition coefficient (Wildman–Crippen LogP) is 4.29. The molecule has 0 saturated heterocycles. The van der Waals surface area contributed by atoms with Gasteiger partial charge in [-0.05, 0) is 29.8 Å². The van der Waals surface area contributed by atoms with Gasteiger partial charge in [0.25, 0.3) is 0 Å². The van der Waals surface area contributed by atoms with Crippen LogP contribution in [0.15, 0.2) is 30.3 Å². The van der Waals surface area contributed by atoms with E-state index in [1.54, 1.807) is 0 Å². The fourth-order valence-electron chi connectivity index (χ4n) is 2.07. The van der Waals surface area contributed by atoms with Crippen LogP contribution in [0.3, 0.4) is 0 Å². The molecule has 0 aliphatic carbocycles. The van der Waals surface area contributed by atoms with E-state index >= 15 is 0 Å². The molecule has 0 heterocycles. The van der Waals surface area contributed by atoms with Gasteiger partial charge in [-0.3, -0.25) is 0 Å². The lowest BCUT2D eigenvalue weighted by molar-refractivity contribution is 0.200. The fraction of sp³-hybridized carbons (Fsp3) is 0.200. The van der Waals surface area contributed by atoms with Crippen LogP contribution in [0.25, 0.3) is 11.1 Å². The molecule has 2 rings (SSSR count). The summed E-state index contributed by atoms with van der Waals surface area (Å²) < 4.78 is 27.7. The number of benzene rings is 2. The van der Waals surface area contributed by atoms with Crippen molar-refractivity contribution in [3.05, 3.63) is 52.6 Å². The highest BCUT2D eigenvalue weighted by Gasteiger charge is 2.19. The van der Waals surface area contributed by atoms with Crippen molar-refractivity contribution in [2.45, 2.75) is 12.5 Å². The number of aliphatic hydroxyl groups is 1. The highest BCUT2D eigenvalue weighted by Crippen LogP contribution is 2.39.